The second-order valence-corrected chi connectivity index (χ2v) is 3.22. The standard InChI is InChI=1S/C10H11NO2/c1-7-2-4-8-6-13-10(12)11-9(8)5-3-7/h2-5,7H,6H2,1H3,(H,11,12). The Hall–Kier alpha value is -1.51. The lowest BCUT2D eigenvalue weighted by molar-refractivity contribution is 0.154. The molecule has 0 spiro atoms. The van der Waals surface area contributed by atoms with Gasteiger partial charge in [-0.05, 0) is 12.0 Å². The summed E-state index contributed by atoms with van der Waals surface area (Å²) in [6.45, 7) is 2.46. The number of alkyl carbamates (subject to hydrolysis) is 1. The molecule has 1 N–H and O–H groups in total. The Kier molecular flexibility index (Phi) is 1.93. The molecule has 3 heteroatoms. The monoisotopic (exact) mass is 177 g/mol. The molecule has 1 heterocycles. The first-order valence-corrected chi connectivity index (χ1v) is 4.29. The van der Waals surface area contributed by atoms with E-state index in [1.54, 1.807) is 0 Å². The lowest BCUT2D eigenvalue weighted by Gasteiger charge is -2.16. The maximum Gasteiger partial charge on any atom is 0.411 e. The van der Waals surface area contributed by atoms with Crippen molar-refractivity contribution in [2.45, 2.75) is 6.92 Å². The second-order valence-electron chi connectivity index (χ2n) is 3.22. The lowest BCUT2D eigenvalue weighted by atomic mass is 10.1. The van der Waals surface area contributed by atoms with Crippen LogP contribution in [-0.2, 0) is 4.74 Å². The number of hydrogen-bond acceptors (Lipinski definition) is 2. The third-order valence-corrected chi connectivity index (χ3v) is 2.11. The zero-order valence-electron chi connectivity index (χ0n) is 7.41. The van der Waals surface area contributed by atoms with Gasteiger partial charge in [-0.2, -0.15) is 0 Å². The van der Waals surface area contributed by atoms with Crippen LogP contribution in [0.1, 0.15) is 6.92 Å². The molecular weight excluding hydrogens is 166 g/mol. The van der Waals surface area contributed by atoms with E-state index in [0.29, 0.717) is 12.5 Å². The highest BCUT2D eigenvalue weighted by molar-refractivity contribution is 5.73. The van der Waals surface area contributed by atoms with Crippen molar-refractivity contribution in [3.63, 3.8) is 0 Å². The van der Waals surface area contributed by atoms with Gasteiger partial charge in [0.25, 0.3) is 0 Å². The van der Waals surface area contributed by atoms with E-state index in [4.69, 9.17) is 4.74 Å². The maximum absolute atomic E-state index is 10.9. The number of nitrogens with one attached hydrogen (secondary N) is 1. The van der Waals surface area contributed by atoms with Crippen molar-refractivity contribution in [1.82, 2.24) is 5.32 Å². The molecule has 0 aromatic carbocycles. The number of carbonyl (C=O) groups excluding carboxylic acids is 1. The first kappa shape index (κ1) is 8.10. The van der Waals surface area contributed by atoms with Crippen molar-refractivity contribution in [2.75, 3.05) is 6.61 Å². The van der Waals surface area contributed by atoms with Gasteiger partial charge in [0.1, 0.15) is 6.61 Å². The molecule has 0 radical (unpaired) electrons. The van der Waals surface area contributed by atoms with Gasteiger partial charge in [-0.15, -0.1) is 0 Å². The van der Waals surface area contributed by atoms with E-state index in [-0.39, 0.29) is 6.09 Å². The third kappa shape index (κ3) is 1.64. The zero-order chi connectivity index (χ0) is 9.26. The first-order chi connectivity index (χ1) is 6.25. The van der Waals surface area contributed by atoms with Crippen LogP contribution in [0.2, 0.25) is 0 Å². The Morgan fingerprint density at radius 1 is 1.46 bits per heavy atom. The Morgan fingerprint density at radius 2 is 2.23 bits per heavy atom. The fraction of sp³-hybridized carbons (Fsp3) is 0.300. The van der Waals surface area contributed by atoms with E-state index in [0.717, 1.165) is 11.3 Å². The SMILES string of the molecule is CC1C=CC2=C(C=C1)NC(=O)OC2. The first-order valence-electron chi connectivity index (χ1n) is 4.29. The molecule has 0 aromatic rings. The Bertz CT molecular complexity index is 326. The summed E-state index contributed by atoms with van der Waals surface area (Å²) in [4.78, 5) is 10.9. The van der Waals surface area contributed by atoms with Crippen LogP contribution in [0.4, 0.5) is 4.79 Å². The summed E-state index contributed by atoms with van der Waals surface area (Å²) in [7, 11) is 0. The summed E-state index contributed by atoms with van der Waals surface area (Å²) in [5.41, 5.74) is 1.89. The van der Waals surface area contributed by atoms with Crippen LogP contribution < -0.4 is 5.32 Å². The van der Waals surface area contributed by atoms with E-state index >= 15 is 0 Å². The van der Waals surface area contributed by atoms with Gasteiger partial charge in [0.15, 0.2) is 0 Å². The molecule has 2 rings (SSSR count). The molecule has 0 saturated carbocycles. The molecule has 1 atom stereocenters. The van der Waals surface area contributed by atoms with Gasteiger partial charge < -0.3 is 4.74 Å². The van der Waals surface area contributed by atoms with Gasteiger partial charge in [0.2, 0.25) is 0 Å². The van der Waals surface area contributed by atoms with Crippen LogP contribution in [0.5, 0.6) is 0 Å². The minimum Gasteiger partial charge on any atom is -0.444 e. The van der Waals surface area contributed by atoms with Crippen molar-refractivity contribution in [2.24, 2.45) is 5.92 Å². The topological polar surface area (TPSA) is 38.3 Å². The van der Waals surface area contributed by atoms with Crippen LogP contribution >= 0.6 is 0 Å². The number of allylic oxidation sites excluding steroid dienone is 3. The number of amides is 1. The number of cyclic esters (lactones) is 1. The summed E-state index contributed by atoms with van der Waals surface area (Å²) < 4.78 is 4.85. The smallest absolute Gasteiger partial charge is 0.411 e. The summed E-state index contributed by atoms with van der Waals surface area (Å²) in [5.74, 6) is 0.405. The minimum absolute atomic E-state index is 0.369. The number of carbonyl (C=O) groups is 1. The molecule has 1 aliphatic carbocycles. The molecule has 1 unspecified atom stereocenters. The van der Waals surface area contributed by atoms with Crippen LogP contribution in [0, 0.1) is 5.92 Å². The third-order valence-electron chi connectivity index (χ3n) is 2.11. The molecule has 0 bridgehead atoms. The van der Waals surface area contributed by atoms with Crippen molar-refractivity contribution >= 4 is 6.09 Å². The fourth-order valence-corrected chi connectivity index (χ4v) is 1.31. The summed E-state index contributed by atoms with van der Waals surface area (Å²) in [6.07, 6.45) is 7.69. The van der Waals surface area contributed by atoms with Crippen LogP contribution in [-0.4, -0.2) is 12.7 Å². The van der Waals surface area contributed by atoms with Crippen LogP contribution in [0.25, 0.3) is 0 Å². The number of rotatable bonds is 0. The number of ether oxygens (including phenoxy) is 1. The average Bonchev–Trinajstić information content (AvgIpc) is 2.29. The van der Waals surface area contributed by atoms with E-state index in [2.05, 4.69) is 18.3 Å². The predicted molar refractivity (Wildman–Crippen MR) is 49.0 cm³/mol. The summed E-state index contributed by atoms with van der Waals surface area (Å²) in [6, 6.07) is 0. The molecule has 3 nitrogen and oxygen atoms in total. The Morgan fingerprint density at radius 3 is 3.08 bits per heavy atom. The largest absolute Gasteiger partial charge is 0.444 e. The molecule has 13 heavy (non-hydrogen) atoms. The lowest BCUT2D eigenvalue weighted by Crippen LogP contribution is -2.29. The molecule has 68 valence electrons. The van der Waals surface area contributed by atoms with Gasteiger partial charge in [-0.25, -0.2) is 4.79 Å². The van der Waals surface area contributed by atoms with E-state index in [9.17, 15) is 4.79 Å². The highest BCUT2D eigenvalue weighted by atomic mass is 16.5. The van der Waals surface area contributed by atoms with Gasteiger partial charge in [0.05, 0.1) is 5.70 Å². The van der Waals surface area contributed by atoms with Gasteiger partial charge >= 0.3 is 6.09 Å². The summed E-state index contributed by atoms with van der Waals surface area (Å²) in [5, 5.41) is 2.66. The summed E-state index contributed by atoms with van der Waals surface area (Å²) >= 11 is 0. The van der Waals surface area contributed by atoms with E-state index in [1.165, 1.54) is 0 Å². The van der Waals surface area contributed by atoms with Crippen LogP contribution in [0.15, 0.2) is 35.6 Å². The highest BCUT2D eigenvalue weighted by Crippen LogP contribution is 2.17. The molecule has 0 aromatic heterocycles. The minimum atomic E-state index is -0.369. The van der Waals surface area contributed by atoms with Crippen molar-refractivity contribution in [1.29, 1.82) is 0 Å². The average molecular weight is 177 g/mol. The number of hydrogen-bond donors (Lipinski definition) is 1. The molecular formula is C10H11NO2. The highest BCUT2D eigenvalue weighted by Gasteiger charge is 2.16. The maximum atomic E-state index is 10.9. The van der Waals surface area contributed by atoms with Crippen molar-refractivity contribution in [3.05, 3.63) is 35.6 Å². The Balaban J connectivity index is 2.31. The molecule has 0 saturated heterocycles. The van der Waals surface area contributed by atoms with Gasteiger partial charge in [0, 0.05) is 5.57 Å². The Labute approximate surface area is 76.8 Å². The normalized spacial score (nSPS) is 26.2. The van der Waals surface area contributed by atoms with Gasteiger partial charge in [-0.1, -0.05) is 25.2 Å². The second kappa shape index (κ2) is 3.09. The molecule has 1 aliphatic heterocycles. The van der Waals surface area contributed by atoms with Crippen LogP contribution in [0.3, 0.4) is 0 Å². The fourth-order valence-electron chi connectivity index (χ4n) is 1.31. The quantitative estimate of drug-likeness (QED) is 0.612. The van der Waals surface area contributed by atoms with Crippen molar-refractivity contribution in [3.8, 4) is 0 Å². The van der Waals surface area contributed by atoms with Gasteiger partial charge in [-0.3, -0.25) is 5.32 Å². The molecule has 2 aliphatic rings. The zero-order valence-corrected chi connectivity index (χ0v) is 7.41. The van der Waals surface area contributed by atoms with E-state index in [1.807, 2.05) is 18.2 Å². The molecule has 0 fully saturated rings. The van der Waals surface area contributed by atoms with E-state index < -0.39 is 0 Å². The molecule has 1 amide bonds. The predicted octanol–water partition coefficient (Wildman–Crippen LogP) is 1.74. The van der Waals surface area contributed by atoms with Crippen molar-refractivity contribution < 1.29 is 9.53 Å².